The van der Waals surface area contributed by atoms with Crippen LogP contribution in [0.15, 0.2) is 134 Å². The molecule has 0 aliphatic heterocycles. The van der Waals surface area contributed by atoms with Gasteiger partial charge in [0.15, 0.2) is 0 Å². The minimum Gasteiger partial charge on any atom is -0.0984 e. The fourth-order valence-electron chi connectivity index (χ4n) is 6.47. The molecule has 1 aliphatic rings. The van der Waals surface area contributed by atoms with E-state index in [9.17, 15) is 0 Å². The van der Waals surface area contributed by atoms with Gasteiger partial charge in [-0.05, 0) is 90.0 Å². The molecule has 39 heavy (non-hydrogen) atoms. The number of hydrogen-bond acceptors (Lipinski definition) is 0. The highest BCUT2D eigenvalue weighted by molar-refractivity contribution is 6.17. The molecule has 0 radical (unpaired) electrons. The second-order valence-corrected chi connectivity index (χ2v) is 10.2. The second kappa shape index (κ2) is 9.11. The Morgan fingerprint density at radius 3 is 1.72 bits per heavy atom. The van der Waals surface area contributed by atoms with Gasteiger partial charge in [0.2, 0.25) is 0 Å². The average Bonchev–Trinajstić information content (AvgIpc) is 3.30. The van der Waals surface area contributed by atoms with Crippen molar-refractivity contribution in [3.05, 3.63) is 157 Å². The van der Waals surface area contributed by atoms with Crippen molar-refractivity contribution in [1.29, 1.82) is 0 Å². The van der Waals surface area contributed by atoms with E-state index in [1.54, 1.807) is 0 Å². The zero-order valence-corrected chi connectivity index (χ0v) is 22.0. The van der Waals surface area contributed by atoms with Crippen LogP contribution >= 0.6 is 0 Å². The van der Waals surface area contributed by atoms with Gasteiger partial charge < -0.3 is 0 Å². The number of aryl methyl sites for hydroxylation is 1. The molecule has 6 aromatic carbocycles. The molecule has 6 aromatic rings. The Morgan fingerprint density at radius 2 is 1.03 bits per heavy atom. The summed E-state index contributed by atoms with van der Waals surface area (Å²) in [7, 11) is 0. The molecule has 0 bridgehead atoms. The molecule has 0 heterocycles. The Morgan fingerprint density at radius 1 is 0.462 bits per heavy atom. The fraction of sp³-hybridized carbons (Fsp3) is 0.0256. The van der Waals surface area contributed by atoms with E-state index in [1.165, 1.54) is 72.0 Å². The quantitative estimate of drug-likeness (QED) is 0.227. The number of fused-ring (bicyclic) bond motifs is 4. The third-order valence-corrected chi connectivity index (χ3v) is 8.16. The van der Waals surface area contributed by atoms with Gasteiger partial charge in [0.1, 0.15) is 0 Å². The van der Waals surface area contributed by atoms with E-state index in [2.05, 4.69) is 135 Å². The summed E-state index contributed by atoms with van der Waals surface area (Å²) < 4.78 is 0. The van der Waals surface area contributed by atoms with Crippen LogP contribution in [0.25, 0.3) is 66.9 Å². The molecule has 0 heteroatoms. The summed E-state index contributed by atoms with van der Waals surface area (Å²) in [6.07, 6.45) is 2.02. The first-order valence-electron chi connectivity index (χ1n) is 13.4. The molecule has 1 aliphatic carbocycles. The van der Waals surface area contributed by atoms with Crippen molar-refractivity contribution >= 4 is 22.4 Å². The largest absolute Gasteiger partial charge is 0.0984 e. The summed E-state index contributed by atoms with van der Waals surface area (Å²) in [5.41, 5.74) is 15.8. The summed E-state index contributed by atoms with van der Waals surface area (Å²) >= 11 is 0. The van der Waals surface area contributed by atoms with Crippen molar-refractivity contribution in [2.45, 2.75) is 6.92 Å². The lowest BCUT2D eigenvalue weighted by atomic mass is 9.85. The first-order chi connectivity index (χ1) is 19.2. The van der Waals surface area contributed by atoms with E-state index in [1.807, 2.05) is 6.08 Å². The third kappa shape index (κ3) is 3.46. The predicted molar refractivity (Wildman–Crippen MR) is 169 cm³/mol. The van der Waals surface area contributed by atoms with E-state index in [0.717, 1.165) is 11.1 Å². The van der Waals surface area contributed by atoms with Gasteiger partial charge in [0.05, 0.1) is 0 Å². The topological polar surface area (TPSA) is 0 Å². The highest BCUT2D eigenvalue weighted by atomic mass is 14.3. The minimum absolute atomic E-state index is 1.08. The van der Waals surface area contributed by atoms with Gasteiger partial charge in [-0.1, -0.05) is 141 Å². The molecule has 0 amide bonds. The smallest absolute Gasteiger partial charge is 0.00112 e. The summed E-state index contributed by atoms with van der Waals surface area (Å²) in [5, 5.41) is 2.55. The van der Waals surface area contributed by atoms with E-state index in [4.69, 9.17) is 6.58 Å². The Bertz CT molecular complexity index is 1920. The van der Waals surface area contributed by atoms with E-state index < -0.39 is 0 Å². The Kier molecular flexibility index (Phi) is 5.42. The number of hydrogen-bond donors (Lipinski definition) is 0. The van der Waals surface area contributed by atoms with Gasteiger partial charge in [-0.2, -0.15) is 0 Å². The summed E-state index contributed by atoms with van der Waals surface area (Å²) in [5.74, 6) is 0. The zero-order chi connectivity index (χ0) is 26.5. The van der Waals surface area contributed by atoms with Crippen LogP contribution in [0.4, 0.5) is 0 Å². The van der Waals surface area contributed by atoms with Gasteiger partial charge >= 0.3 is 0 Å². The summed E-state index contributed by atoms with van der Waals surface area (Å²) in [4.78, 5) is 0. The van der Waals surface area contributed by atoms with Gasteiger partial charge in [0, 0.05) is 0 Å². The van der Waals surface area contributed by atoms with Crippen LogP contribution < -0.4 is 0 Å². The number of rotatable bonds is 4. The Labute approximate surface area is 230 Å². The number of benzene rings is 6. The average molecular weight is 497 g/mol. The molecule has 184 valence electrons. The molecule has 0 nitrogen and oxygen atoms in total. The SMILES string of the molecule is C=Cc1c(-c2ccccc2-c2ccccc2)ccc2c1C(=C)c1c-2c(-c2ccccc2)c2ccccc2c1C. The van der Waals surface area contributed by atoms with Crippen molar-refractivity contribution in [3.63, 3.8) is 0 Å². The van der Waals surface area contributed by atoms with Crippen molar-refractivity contribution in [1.82, 2.24) is 0 Å². The first-order valence-corrected chi connectivity index (χ1v) is 13.4. The van der Waals surface area contributed by atoms with Crippen molar-refractivity contribution < 1.29 is 0 Å². The third-order valence-electron chi connectivity index (χ3n) is 8.16. The van der Waals surface area contributed by atoms with Crippen LogP contribution in [0, 0.1) is 6.92 Å². The van der Waals surface area contributed by atoms with Crippen LogP contribution in [0.3, 0.4) is 0 Å². The normalized spacial score (nSPS) is 11.9. The van der Waals surface area contributed by atoms with Crippen LogP contribution in [-0.2, 0) is 0 Å². The molecule has 0 saturated heterocycles. The molecule has 0 saturated carbocycles. The minimum atomic E-state index is 1.08. The zero-order valence-electron chi connectivity index (χ0n) is 22.0. The molecular weight excluding hydrogens is 468 g/mol. The van der Waals surface area contributed by atoms with E-state index >= 15 is 0 Å². The van der Waals surface area contributed by atoms with Gasteiger partial charge in [0.25, 0.3) is 0 Å². The van der Waals surface area contributed by atoms with Crippen LogP contribution in [0.1, 0.15) is 22.3 Å². The predicted octanol–water partition coefficient (Wildman–Crippen LogP) is 10.8. The van der Waals surface area contributed by atoms with Crippen LogP contribution in [0.2, 0.25) is 0 Å². The van der Waals surface area contributed by atoms with Crippen LogP contribution in [-0.4, -0.2) is 0 Å². The van der Waals surface area contributed by atoms with E-state index in [-0.39, 0.29) is 0 Å². The van der Waals surface area contributed by atoms with Gasteiger partial charge in [-0.25, -0.2) is 0 Å². The van der Waals surface area contributed by atoms with Gasteiger partial charge in [-0.15, -0.1) is 0 Å². The van der Waals surface area contributed by atoms with Crippen LogP contribution in [0.5, 0.6) is 0 Å². The maximum atomic E-state index is 4.72. The Hall–Kier alpha value is -4.94. The monoisotopic (exact) mass is 496 g/mol. The van der Waals surface area contributed by atoms with Crippen molar-refractivity contribution in [2.75, 3.05) is 0 Å². The Balaban J connectivity index is 1.55. The fourth-order valence-corrected chi connectivity index (χ4v) is 6.47. The molecule has 0 atom stereocenters. The molecule has 0 fully saturated rings. The molecule has 7 rings (SSSR count). The first kappa shape index (κ1) is 23.2. The second-order valence-electron chi connectivity index (χ2n) is 10.2. The highest BCUT2D eigenvalue weighted by Gasteiger charge is 2.31. The summed E-state index contributed by atoms with van der Waals surface area (Å²) in [6.45, 7) is 11.3. The van der Waals surface area contributed by atoms with Crippen molar-refractivity contribution in [3.8, 4) is 44.5 Å². The lowest BCUT2D eigenvalue weighted by Gasteiger charge is -2.18. The molecular formula is C39H28. The lowest BCUT2D eigenvalue weighted by Crippen LogP contribution is -1.93. The van der Waals surface area contributed by atoms with E-state index in [0.29, 0.717) is 0 Å². The maximum absolute atomic E-state index is 4.72. The maximum Gasteiger partial charge on any atom is -0.00112 e. The molecule has 0 unspecified atom stereocenters. The molecule has 0 N–H and O–H groups in total. The van der Waals surface area contributed by atoms with Crippen molar-refractivity contribution in [2.24, 2.45) is 0 Å². The lowest BCUT2D eigenvalue weighted by molar-refractivity contribution is 1.49. The highest BCUT2D eigenvalue weighted by Crippen LogP contribution is 2.55. The van der Waals surface area contributed by atoms with Gasteiger partial charge in [-0.3, -0.25) is 0 Å². The molecule has 0 aromatic heterocycles. The molecule has 0 spiro atoms. The standard InChI is InChI=1S/C39H28/c1-4-29-33(32-21-13-12-20-31(32)27-15-7-5-8-16-27)23-24-35-37(29)26(3)36-25(2)30-19-11-14-22-34(30)38(39(35)36)28-17-9-6-10-18-28/h4-24H,1,3H2,2H3. The summed E-state index contributed by atoms with van der Waals surface area (Å²) in [6, 6.07) is 43.4.